The van der Waals surface area contributed by atoms with Gasteiger partial charge in [-0.05, 0) is 36.8 Å². The quantitative estimate of drug-likeness (QED) is 0.578. The molecule has 2 amide bonds. The zero-order valence-electron chi connectivity index (χ0n) is 15.0. The molecule has 0 spiro atoms. The molecule has 0 unspecified atom stereocenters. The number of hydrogen-bond acceptors (Lipinski definition) is 3. The average molecular weight is 412 g/mol. The van der Waals surface area contributed by atoms with Gasteiger partial charge in [-0.3, -0.25) is 4.79 Å². The Hall–Kier alpha value is -2.46. The van der Waals surface area contributed by atoms with Gasteiger partial charge >= 0.3 is 30.0 Å². The van der Waals surface area contributed by atoms with Gasteiger partial charge in [-0.2, -0.15) is 26.3 Å². The van der Waals surface area contributed by atoms with Gasteiger partial charge in [-0.25, -0.2) is 4.79 Å². The molecule has 0 aliphatic heterocycles. The van der Waals surface area contributed by atoms with Gasteiger partial charge in [0.25, 0.3) is 0 Å². The largest absolute Gasteiger partial charge is 0.442 e. The Labute approximate surface area is 156 Å². The number of nitrogens with one attached hydrogen (secondary N) is 2. The van der Waals surface area contributed by atoms with Crippen LogP contribution in [-0.4, -0.2) is 31.4 Å². The van der Waals surface area contributed by atoms with Crippen LogP contribution >= 0.6 is 0 Å². The summed E-state index contributed by atoms with van der Waals surface area (Å²) in [6, 6.07) is 0.759. The fourth-order valence-electron chi connectivity index (χ4n) is 3.29. The van der Waals surface area contributed by atoms with Crippen LogP contribution in [0.1, 0.15) is 36.5 Å². The molecule has 1 aromatic rings. The average Bonchev–Trinajstić information content (AvgIpc) is 2.57. The van der Waals surface area contributed by atoms with Crippen LogP contribution in [0.5, 0.6) is 0 Å². The molecule has 0 saturated carbocycles. The van der Waals surface area contributed by atoms with E-state index in [0.29, 0.717) is 37.8 Å². The molecule has 1 aromatic carbocycles. The first-order valence-corrected chi connectivity index (χ1v) is 8.32. The smallest absolute Gasteiger partial charge is 0.434 e. The number of rotatable bonds is 3. The SMILES string of the molecule is CNC(=O)Nc1c(C(OC(C)=O)(C(F)(F)F)C(F)(F)F)ccc2c1CCCC2. The summed E-state index contributed by atoms with van der Waals surface area (Å²) in [4.78, 5) is 23.1. The molecule has 2 N–H and O–H groups in total. The second kappa shape index (κ2) is 7.51. The molecule has 0 heterocycles. The number of halogens is 6. The molecule has 0 saturated heterocycles. The number of amides is 2. The van der Waals surface area contributed by atoms with Crippen molar-refractivity contribution < 1.29 is 40.7 Å². The number of anilines is 1. The van der Waals surface area contributed by atoms with Crippen LogP contribution in [0.15, 0.2) is 12.1 Å². The zero-order valence-corrected chi connectivity index (χ0v) is 15.0. The predicted molar refractivity (Wildman–Crippen MR) is 86.7 cm³/mol. The van der Waals surface area contributed by atoms with Crippen molar-refractivity contribution in [3.8, 4) is 0 Å². The maximum atomic E-state index is 13.8. The van der Waals surface area contributed by atoms with Crippen LogP contribution in [0, 0.1) is 0 Å². The number of carbonyl (C=O) groups is 2. The number of esters is 1. The summed E-state index contributed by atoms with van der Waals surface area (Å²) in [5.74, 6) is -1.77. The summed E-state index contributed by atoms with van der Waals surface area (Å²) >= 11 is 0. The number of alkyl halides is 6. The second-order valence-corrected chi connectivity index (χ2v) is 6.31. The van der Waals surface area contributed by atoms with Crippen molar-refractivity contribution in [1.29, 1.82) is 0 Å². The highest BCUT2D eigenvalue weighted by molar-refractivity contribution is 5.91. The molecular formula is C17H18F6N2O3. The Morgan fingerprint density at radius 2 is 1.57 bits per heavy atom. The van der Waals surface area contributed by atoms with Crippen molar-refractivity contribution >= 4 is 17.7 Å². The lowest BCUT2D eigenvalue weighted by atomic mass is 9.82. The van der Waals surface area contributed by atoms with E-state index in [2.05, 4.69) is 15.4 Å². The lowest BCUT2D eigenvalue weighted by Crippen LogP contribution is -2.57. The Morgan fingerprint density at radius 1 is 1.00 bits per heavy atom. The van der Waals surface area contributed by atoms with E-state index in [-0.39, 0.29) is 12.0 Å². The third-order valence-electron chi connectivity index (χ3n) is 4.47. The fraction of sp³-hybridized carbons (Fsp3) is 0.529. The van der Waals surface area contributed by atoms with Gasteiger partial charge in [0, 0.05) is 19.5 Å². The highest BCUT2D eigenvalue weighted by Crippen LogP contribution is 2.55. The van der Waals surface area contributed by atoms with Crippen LogP contribution in [0.25, 0.3) is 0 Å². The second-order valence-electron chi connectivity index (χ2n) is 6.31. The molecule has 28 heavy (non-hydrogen) atoms. The number of aryl methyl sites for hydroxylation is 1. The lowest BCUT2D eigenvalue weighted by molar-refractivity contribution is -0.377. The van der Waals surface area contributed by atoms with Gasteiger partial charge in [-0.15, -0.1) is 0 Å². The molecule has 0 aromatic heterocycles. The van der Waals surface area contributed by atoms with E-state index < -0.39 is 41.2 Å². The molecule has 0 radical (unpaired) electrons. The maximum Gasteiger partial charge on any atom is 0.442 e. The third kappa shape index (κ3) is 3.74. The first-order valence-electron chi connectivity index (χ1n) is 8.32. The molecule has 0 fully saturated rings. The highest BCUT2D eigenvalue weighted by atomic mass is 19.4. The number of carbonyl (C=O) groups excluding carboxylic acids is 2. The van der Waals surface area contributed by atoms with Crippen molar-refractivity contribution in [1.82, 2.24) is 5.32 Å². The molecule has 2 rings (SSSR count). The third-order valence-corrected chi connectivity index (χ3v) is 4.47. The Bertz CT molecular complexity index is 759. The minimum absolute atomic E-state index is 0.164. The van der Waals surface area contributed by atoms with Gasteiger partial charge < -0.3 is 15.4 Å². The standard InChI is InChI=1S/C17H18F6N2O3/c1-9(26)28-15(16(18,19)20,17(21,22)23)12-8-7-10-5-3-4-6-11(10)13(12)25-14(27)24-2/h7-8H,3-6H2,1-2H3,(H2,24,25,27). The van der Waals surface area contributed by atoms with E-state index in [9.17, 15) is 35.9 Å². The fourth-order valence-corrected chi connectivity index (χ4v) is 3.29. The van der Waals surface area contributed by atoms with Crippen LogP contribution < -0.4 is 10.6 Å². The van der Waals surface area contributed by atoms with Crippen molar-refractivity contribution in [2.75, 3.05) is 12.4 Å². The van der Waals surface area contributed by atoms with Crippen LogP contribution in [-0.2, 0) is 28.0 Å². The maximum absolute atomic E-state index is 13.8. The number of benzene rings is 1. The van der Waals surface area contributed by atoms with E-state index in [0.717, 1.165) is 13.1 Å². The molecule has 156 valence electrons. The van der Waals surface area contributed by atoms with Crippen molar-refractivity contribution in [3.63, 3.8) is 0 Å². The van der Waals surface area contributed by atoms with E-state index in [1.165, 1.54) is 0 Å². The number of ether oxygens (including phenoxy) is 1. The predicted octanol–water partition coefficient (Wildman–Crippen LogP) is 4.20. The van der Waals surface area contributed by atoms with E-state index >= 15 is 0 Å². The number of hydrogen-bond donors (Lipinski definition) is 2. The first kappa shape index (κ1) is 21.8. The Morgan fingerprint density at radius 3 is 2.07 bits per heavy atom. The van der Waals surface area contributed by atoms with E-state index in [4.69, 9.17) is 0 Å². The summed E-state index contributed by atoms with van der Waals surface area (Å²) in [7, 11) is 1.16. The van der Waals surface area contributed by atoms with Crippen molar-refractivity contribution in [3.05, 3.63) is 28.8 Å². The normalized spacial score (nSPS) is 14.9. The van der Waals surface area contributed by atoms with Crippen LogP contribution in [0.3, 0.4) is 0 Å². The first-order chi connectivity index (χ1) is 12.8. The molecule has 1 aliphatic rings. The van der Waals surface area contributed by atoms with Crippen molar-refractivity contribution in [2.24, 2.45) is 0 Å². The van der Waals surface area contributed by atoms with Crippen LogP contribution in [0.4, 0.5) is 36.8 Å². The monoisotopic (exact) mass is 412 g/mol. The van der Waals surface area contributed by atoms with E-state index in [1.807, 2.05) is 0 Å². The lowest BCUT2D eigenvalue weighted by Gasteiger charge is -2.38. The summed E-state index contributed by atoms with van der Waals surface area (Å²) in [6.45, 7) is 0.455. The number of urea groups is 1. The zero-order chi connectivity index (χ0) is 21.3. The van der Waals surface area contributed by atoms with E-state index in [1.54, 1.807) is 0 Å². The summed E-state index contributed by atoms with van der Waals surface area (Å²) in [5.41, 5.74) is -6.26. The molecule has 5 nitrogen and oxygen atoms in total. The van der Waals surface area contributed by atoms with Gasteiger partial charge in [0.1, 0.15) is 0 Å². The Balaban J connectivity index is 2.89. The molecule has 11 heteroatoms. The highest BCUT2D eigenvalue weighted by Gasteiger charge is 2.76. The van der Waals surface area contributed by atoms with Gasteiger partial charge in [0.05, 0.1) is 5.69 Å². The summed E-state index contributed by atoms with van der Waals surface area (Å²) in [5, 5.41) is 4.17. The van der Waals surface area contributed by atoms with Gasteiger partial charge in [-0.1, -0.05) is 12.1 Å². The van der Waals surface area contributed by atoms with Gasteiger partial charge in [0.2, 0.25) is 0 Å². The number of fused-ring (bicyclic) bond motifs is 1. The topological polar surface area (TPSA) is 67.4 Å². The van der Waals surface area contributed by atoms with Crippen molar-refractivity contribution in [2.45, 2.75) is 50.6 Å². The molecule has 0 atom stereocenters. The van der Waals surface area contributed by atoms with Gasteiger partial charge in [0.15, 0.2) is 0 Å². The Kier molecular flexibility index (Phi) is 5.86. The minimum atomic E-state index is -6.03. The minimum Gasteiger partial charge on any atom is -0.434 e. The van der Waals surface area contributed by atoms with Crippen LogP contribution in [0.2, 0.25) is 0 Å². The molecule has 1 aliphatic carbocycles. The molecule has 0 bridgehead atoms. The molecular weight excluding hydrogens is 394 g/mol. The summed E-state index contributed by atoms with van der Waals surface area (Å²) < 4.78 is 86.9. The summed E-state index contributed by atoms with van der Waals surface area (Å²) in [6.07, 6.45) is -10.2.